The van der Waals surface area contributed by atoms with Gasteiger partial charge >= 0.3 is 0 Å². The molecule has 1 heterocycles. The highest BCUT2D eigenvalue weighted by Crippen LogP contribution is 2.17. The van der Waals surface area contributed by atoms with Crippen molar-refractivity contribution in [2.75, 3.05) is 18.5 Å². The minimum Gasteiger partial charge on any atom is -0.490 e. The Hall–Kier alpha value is -3.21. The van der Waals surface area contributed by atoms with Crippen LogP contribution in [0.3, 0.4) is 0 Å². The van der Waals surface area contributed by atoms with E-state index in [1.54, 1.807) is 36.4 Å². The van der Waals surface area contributed by atoms with E-state index in [1.165, 1.54) is 11.8 Å². The molecule has 0 radical (unpaired) electrons. The number of hydrogen-bond acceptors (Lipinski definition) is 4. The van der Waals surface area contributed by atoms with E-state index < -0.39 is 0 Å². The first-order chi connectivity index (χ1) is 12.7. The van der Waals surface area contributed by atoms with Crippen molar-refractivity contribution in [3.63, 3.8) is 0 Å². The van der Waals surface area contributed by atoms with Crippen LogP contribution in [0.25, 0.3) is 0 Å². The molecule has 134 valence electrons. The van der Waals surface area contributed by atoms with Gasteiger partial charge in [0.2, 0.25) is 0 Å². The fraction of sp³-hybridized carbons (Fsp3) is 0.190. The van der Waals surface area contributed by atoms with Gasteiger partial charge in [-0.25, -0.2) is 0 Å². The molecule has 0 bridgehead atoms. The van der Waals surface area contributed by atoms with Crippen LogP contribution in [0, 0.1) is 0 Å². The molecule has 1 amide bonds. The smallest absolute Gasteiger partial charge is 0.291 e. The third-order valence-corrected chi connectivity index (χ3v) is 3.78. The molecule has 5 nitrogen and oxygen atoms in total. The molecular weight excluding hydrogens is 330 g/mol. The van der Waals surface area contributed by atoms with Gasteiger partial charge < -0.3 is 19.2 Å². The van der Waals surface area contributed by atoms with Crippen LogP contribution >= 0.6 is 0 Å². The van der Waals surface area contributed by atoms with Gasteiger partial charge in [-0.1, -0.05) is 19.1 Å². The maximum Gasteiger partial charge on any atom is 0.291 e. The number of furan rings is 1. The van der Waals surface area contributed by atoms with Gasteiger partial charge in [-0.15, -0.1) is 0 Å². The van der Waals surface area contributed by atoms with E-state index >= 15 is 0 Å². The Morgan fingerprint density at radius 3 is 2.42 bits per heavy atom. The fourth-order valence-corrected chi connectivity index (χ4v) is 2.41. The van der Waals surface area contributed by atoms with Gasteiger partial charge in [-0.3, -0.25) is 4.79 Å². The van der Waals surface area contributed by atoms with E-state index in [4.69, 9.17) is 13.9 Å². The molecule has 0 saturated carbocycles. The van der Waals surface area contributed by atoms with Gasteiger partial charge in [-0.2, -0.15) is 0 Å². The predicted octanol–water partition coefficient (Wildman–Crippen LogP) is 4.55. The van der Waals surface area contributed by atoms with Crippen molar-refractivity contribution < 1.29 is 18.7 Å². The van der Waals surface area contributed by atoms with Gasteiger partial charge in [0.1, 0.15) is 24.7 Å². The third kappa shape index (κ3) is 4.89. The minimum absolute atomic E-state index is 0.273. The van der Waals surface area contributed by atoms with Crippen molar-refractivity contribution in [3.05, 3.63) is 78.3 Å². The lowest BCUT2D eigenvalue weighted by atomic mass is 10.2. The maximum absolute atomic E-state index is 11.9. The van der Waals surface area contributed by atoms with E-state index in [-0.39, 0.29) is 11.7 Å². The summed E-state index contributed by atoms with van der Waals surface area (Å²) in [4.78, 5) is 11.9. The van der Waals surface area contributed by atoms with Crippen molar-refractivity contribution in [2.45, 2.75) is 13.3 Å². The molecule has 2 aromatic carbocycles. The number of benzene rings is 2. The monoisotopic (exact) mass is 351 g/mol. The Balaban J connectivity index is 1.43. The molecule has 0 aliphatic rings. The van der Waals surface area contributed by atoms with Crippen LogP contribution in [0.15, 0.2) is 71.3 Å². The van der Waals surface area contributed by atoms with Gasteiger partial charge in [0.05, 0.1) is 6.26 Å². The number of hydrogen-bond donors (Lipinski definition) is 1. The van der Waals surface area contributed by atoms with E-state index in [0.29, 0.717) is 24.7 Å². The van der Waals surface area contributed by atoms with E-state index in [2.05, 4.69) is 18.3 Å². The fourth-order valence-electron chi connectivity index (χ4n) is 2.41. The predicted molar refractivity (Wildman–Crippen MR) is 99.9 cm³/mol. The van der Waals surface area contributed by atoms with Crippen LogP contribution in [-0.2, 0) is 6.42 Å². The molecule has 0 atom stereocenters. The summed E-state index contributed by atoms with van der Waals surface area (Å²) in [5, 5.41) is 2.76. The first-order valence-electron chi connectivity index (χ1n) is 8.54. The number of aryl methyl sites for hydroxylation is 1. The summed E-state index contributed by atoms with van der Waals surface area (Å²) in [5.74, 6) is 1.55. The number of carbonyl (C=O) groups is 1. The second-order valence-electron chi connectivity index (χ2n) is 5.65. The van der Waals surface area contributed by atoms with Crippen LogP contribution in [0.2, 0.25) is 0 Å². The zero-order chi connectivity index (χ0) is 18.2. The summed E-state index contributed by atoms with van der Waals surface area (Å²) in [7, 11) is 0. The minimum atomic E-state index is -0.286. The number of ether oxygens (including phenoxy) is 2. The molecule has 26 heavy (non-hydrogen) atoms. The van der Waals surface area contributed by atoms with Crippen molar-refractivity contribution >= 4 is 11.6 Å². The Kier molecular flexibility index (Phi) is 5.93. The van der Waals surface area contributed by atoms with Crippen molar-refractivity contribution in [1.29, 1.82) is 0 Å². The Labute approximate surface area is 152 Å². The van der Waals surface area contributed by atoms with Crippen molar-refractivity contribution in [1.82, 2.24) is 0 Å². The Bertz CT molecular complexity index is 825. The van der Waals surface area contributed by atoms with E-state index in [1.807, 2.05) is 18.2 Å². The number of nitrogens with one attached hydrogen (secondary N) is 1. The third-order valence-electron chi connectivity index (χ3n) is 3.78. The highest BCUT2D eigenvalue weighted by atomic mass is 16.5. The standard InChI is InChI=1S/C21H21NO4/c1-2-16-5-3-6-19(15-16)25-14-13-24-18-10-8-17(9-11-18)22-21(23)20-7-4-12-26-20/h3-12,15H,2,13-14H2,1H3,(H,22,23). The molecule has 0 saturated heterocycles. The first kappa shape index (κ1) is 17.6. The van der Waals surface area contributed by atoms with Gasteiger partial charge in [-0.05, 0) is 60.5 Å². The molecule has 1 N–H and O–H groups in total. The number of anilines is 1. The van der Waals surface area contributed by atoms with Crippen molar-refractivity contribution in [3.8, 4) is 11.5 Å². The van der Waals surface area contributed by atoms with E-state index in [0.717, 1.165) is 12.2 Å². The highest BCUT2D eigenvalue weighted by Gasteiger charge is 2.08. The second kappa shape index (κ2) is 8.76. The number of carbonyl (C=O) groups excluding carboxylic acids is 1. The van der Waals surface area contributed by atoms with Gasteiger partial charge in [0.25, 0.3) is 5.91 Å². The summed E-state index contributed by atoms with van der Waals surface area (Å²) < 4.78 is 16.4. The topological polar surface area (TPSA) is 60.7 Å². The van der Waals surface area contributed by atoms with Crippen LogP contribution < -0.4 is 14.8 Å². The molecule has 0 fully saturated rings. The molecule has 3 aromatic rings. The molecule has 5 heteroatoms. The molecule has 0 aliphatic carbocycles. The lowest BCUT2D eigenvalue weighted by Gasteiger charge is -2.10. The zero-order valence-electron chi connectivity index (χ0n) is 14.6. The summed E-state index contributed by atoms with van der Waals surface area (Å²) in [6, 6.07) is 18.5. The largest absolute Gasteiger partial charge is 0.490 e. The van der Waals surface area contributed by atoms with Crippen LogP contribution in [0.4, 0.5) is 5.69 Å². The molecular formula is C21H21NO4. The average molecular weight is 351 g/mol. The summed E-state index contributed by atoms with van der Waals surface area (Å²) in [6.07, 6.45) is 2.45. The summed E-state index contributed by atoms with van der Waals surface area (Å²) in [5.41, 5.74) is 1.92. The average Bonchev–Trinajstić information content (AvgIpc) is 3.22. The molecule has 0 spiro atoms. The molecule has 1 aromatic heterocycles. The van der Waals surface area contributed by atoms with Gasteiger partial charge in [0, 0.05) is 5.69 Å². The zero-order valence-corrected chi connectivity index (χ0v) is 14.6. The Morgan fingerprint density at radius 2 is 1.73 bits per heavy atom. The lowest BCUT2D eigenvalue weighted by molar-refractivity contribution is 0.0996. The number of amides is 1. The molecule has 3 rings (SSSR count). The Morgan fingerprint density at radius 1 is 0.962 bits per heavy atom. The van der Waals surface area contributed by atoms with Crippen LogP contribution in [0.5, 0.6) is 11.5 Å². The second-order valence-corrected chi connectivity index (χ2v) is 5.65. The maximum atomic E-state index is 11.9. The number of rotatable bonds is 8. The normalized spacial score (nSPS) is 10.3. The van der Waals surface area contributed by atoms with Crippen LogP contribution in [-0.4, -0.2) is 19.1 Å². The van der Waals surface area contributed by atoms with Gasteiger partial charge in [0.15, 0.2) is 5.76 Å². The highest BCUT2D eigenvalue weighted by molar-refractivity contribution is 6.02. The lowest BCUT2D eigenvalue weighted by Crippen LogP contribution is -2.11. The molecule has 0 aliphatic heterocycles. The van der Waals surface area contributed by atoms with Crippen molar-refractivity contribution in [2.24, 2.45) is 0 Å². The quantitative estimate of drug-likeness (QED) is 0.605. The first-order valence-corrected chi connectivity index (χ1v) is 8.54. The SMILES string of the molecule is CCc1cccc(OCCOc2ccc(NC(=O)c3ccco3)cc2)c1. The summed E-state index contributed by atoms with van der Waals surface area (Å²) in [6.45, 7) is 3.02. The van der Waals surface area contributed by atoms with Crippen LogP contribution in [0.1, 0.15) is 23.0 Å². The molecule has 0 unspecified atom stereocenters. The summed E-state index contributed by atoms with van der Waals surface area (Å²) >= 11 is 0. The van der Waals surface area contributed by atoms with E-state index in [9.17, 15) is 4.79 Å².